The van der Waals surface area contributed by atoms with Crippen LogP contribution in [0.2, 0.25) is 0 Å². The Kier molecular flexibility index (Phi) is 5.46. The molecule has 3 aromatic rings. The molecule has 4 rings (SSSR count). The van der Waals surface area contributed by atoms with Gasteiger partial charge in [-0.05, 0) is 30.3 Å². The van der Waals surface area contributed by atoms with E-state index < -0.39 is 5.97 Å². The largest absolute Gasteiger partial charge is 0.497 e. The Morgan fingerprint density at radius 1 is 1.13 bits per heavy atom. The quantitative estimate of drug-likeness (QED) is 0.675. The topological polar surface area (TPSA) is 76.8 Å². The Morgan fingerprint density at radius 3 is 2.57 bits per heavy atom. The zero-order chi connectivity index (χ0) is 21.3. The molecule has 0 saturated heterocycles. The van der Waals surface area contributed by atoms with Gasteiger partial charge in [-0.25, -0.2) is 9.78 Å². The zero-order valence-electron chi connectivity index (χ0n) is 17.4. The minimum Gasteiger partial charge on any atom is -0.497 e. The molecule has 1 aromatic heterocycles. The van der Waals surface area contributed by atoms with E-state index in [4.69, 9.17) is 19.6 Å². The first-order valence-corrected chi connectivity index (χ1v) is 9.81. The van der Waals surface area contributed by atoms with Crippen molar-refractivity contribution in [2.75, 3.05) is 20.8 Å². The van der Waals surface area contributed by atoms with Crippen molar-refractivity contribution in [2.45, 2.75) is 19.5 Å². The Morgan fingerprint density at radius 2 is 1.90 bits per heavy atom. The zero-order valence-corrected chi connectivity index (χ0v) is 17.4. The van der Waals surface area contributed by atoms with Gasteiger partial charge in [-0.1, -0.05) is 12.1 Å². The maximum atomic E-state index is 11.1. The van der Waals surface area contributed by atoms with E-state index in [1.165, 1.54) is 5.69 Å². The summed E-state index contributed by atoms with van der Waals surface area (Å²) in [6.07, 6.45) is 0.864. The molecule has 0 atom stereocenters. The van der Waals surface area contributed by atoms with Crippen LogP contribution in [-0.4, -0.2) is 46.3 Å². The van der Waals surface area contributed by atoms with Crippen molar-refractivity contribution in [1.82, 2.24) is 14.5 Å². The Hall–Kier alpha value is -3.32. The molecule has 0 bridgehead atoms. The first kappa shape index (κ1) is 20.0. The molecule has 0 spiro atoms. The second-order valence-electron chi connectivity index (χ2n) is 7.41. The monoisotopic (exact) mass is 407 g/mol. The van der Waals surface area contributed by atoms with E-state index in [9.17, 15) is 4.79 Å². The average molecular weight is 407 g/mol. The van der Waals surface area contributed by atoms with E-state index in [1.807, 2.05) is 37.4 Å². The summed E-state index contributed by atoms with van der Waals surface area (Å²) in [5, 5.41) is 9.11. The first-order valence-electron chi connectivity index (χ1n) is 9.81. The molecular weight excluding hydrogens is 382 g/mol. The molecule has 2 aromatic carbocycles. The number of aromatic nitrogens is 2. The number of carbonyl (C=O) groups is 1. The second kappa shape index (κ2) is 8.20. The van der Waals surface area contributed by atoms with Crippen LogP contribution < -0.4 is 9.47 Å². The molecule has 2 heterocycles. The number of fused-ring (bicyclic) bond motifs is 1. The van der Waals surface area contributed by atoms with Crippen molar-refractivity contribution in [3.05, 3.63) is 65.0 Å². The molecule has 1 N–H and O–H groups in total. The third-order valence-corrected chi connectivity index (χ3v) is 5.61. The Balaban J connectivity index is 1.57. The van der Waals surface area contributed by atoms with Gasteiger partial charge in [0.2, 0.25) is 0 Å². The summed E-state index contributed by atoms with van der Waals surface area (Å²) in [7, 11) is 5.36. The molecule has 7 heteroatoms. The van der Waals surface area contributed by atoms with Crippen LogP contribution in [0.3, 0.4) is 0 Å². The highest BCUT2D eigenvalue weighted by Gasteiger charge is 2.24. The van der Waals surface area contributed by atoms with Crippen LogP contribution in [0.1, 0.15) is 27.3 Å². The number of hydrogen-bond acceptors (Lipinski definition) is 5. The van der Waals surface area contributed by atoms with E-state index in [0.717, 1.165) is 60.2 Å². The van der Waals surface area contributed by atoms with Crippen LogP contribution in [-0.2, 0) is 26.6 Å². The molecule has 1 aliphatic rings. The maximum Gasteiger partial charge on any atom is 0.335 e. The van der Waals surface area contributed by atoms with Gasteiger partial charge in [0.25, 0.3) is 0 Å². The van der Waals surface area contributed by atoms with Crippen LogP contribution >= 0.6 is 0 Å². The fourth-order valence-electron chi connectivity index (χ4n) is 3.94. The predicted octanol–water partition coefficient (Wildman–Crippen LogP) is 3.36. The number of methoxy groups -OCH3 is 2. The molecule has 0 saturated carbocycles. The molecule has 0 unspecified atom stereocenters. The number of hydrogen-bond donors (Lipinski definition) is 1. The van der Waals surface area contributed by atoms with Crippen molar-refractivity contribution >= 4 is 5.97 Å². The summed E-state index contributed by atoms with van der Waals surface area (Å²) in [5.74, 6) is 1.60. The summed E-state index contributed by atoms with van der Waals surface area (Å²) in [6.45, 7) is 2.45. The molecular formula is C23H25N3O4. The van der Waals surface area contributed by atoms with E-state index in [-0.39, 0.29) is 5.56 Å². The summed E-state index contributed by atoms with van der Waals surface area (Å²) in [4.78, 5) is 18.3. The molecule has 0 amide bonds. The number of rotatable bonds is 6. The van der Waals surface area contributed by atoms with Gasteiger partial charge < -0.3 is 19.1 Å². The summed E-state index contributed by atoms with van der Waals surface area (Å²) >= 11 is 0. The fraction of sp³-hybridized carbons (Fsp3) is 0.304. The van der Waals surface area contributed by atoms with Gasteiger partial charge in [0.1, 0.15) is 17.3 Å². The standard InChI is InChI=1S/C23H25N3O4/c1-25-20-14-26(13-17-12-18(29-2)8-9-21(17)30-3)11-10-19(20)24-22(25)15-4-6-16(7-5-15)23(27)28/h4-9,12H,10-11,13-14H2,1-3H3,(H,27,28). The lowest BCUT2D eigenvalue weighted by Gasteiger charge is -2.27. The van der Waals surface area contributed by atoms with E-state index >= 15 is 0 Å². The number of nitrogens with zero attached hydrogens (tertiary/aromatic N) is 3. The van der Waals surface area contributed by atoms with Crippen molar-refractivity contribution in [3.8, 4) is 22.9 Å². The molecule has 0 aliphatic carbocycles. The number of carboxylic acid groups (broad SMARTS) is 1. The summed E-state index contributed by atoms with van der Waals surface area (Å²) < 4.78 is 13.0. The minimum atomic E-state index is -0.927. The van der Waals surface area contributed by atoms with Gasteiger partial charge in [-0.3, -0.25) is 4.90 Å². The van der Waals surface area contributed by atoms with Crippen LogP contribution in [0.5, 0.6) is 11.5 Å². The van der Waals surface area contributed by atoms with Crippen molar-refractivity contribution < 1.29 is 19.4 Å². The molecule has 30 heavy (non-hydrogen) atoms. The number of benzene rings is 2. The Bertz CT molecular complexity index is 1070. The number of ether oxygens (including phenoxy) is 2. The smallest absolute Gasteiger partial charge is 0.335 e. The van der Waals surface area contributed by atoms with Gasteiger partial charge in [0.15, 0.2) is 0 Å². The van der Waals surface area contributed by atoms with E-state index in [1.54, 1.807) is 26.4 Å². The Labute approximate surface area is 175 Å². The normalized spacial score (nSPS) is 13.7. The van der Waals surface area contributed by atoms with Crippen LogP contribution in [0.25, 0.3) is 11.4 Å². The van der Waals surface area contributed by atoms with Crippen LogP contribution in [0, 0.1) is 0 Å². The number of aromatic carboxylic acids is 1. The van der Waals surface area contributed by atoms with Gasteiger partial charge in [0, 0.05) is 44.2 Å². The molecule has 0 fully saturated rings. The van der Waals surface area contributed by atoms with Gasteiger partial charge in [0.05, 0.1) is 31.2 Å². The fourth-order valence-corrected chi connectivity index (χ4v) is 3.94. The lowest BCUT2D eigenvalue weighted by atomic mass is 10.1. The van der Waals surface area contributed by atoms with Crippen LogP contribution in [0.15, 0.2) is 42.5 Å². The highest BCUT2D eigenvalue weighted by atomic mass is 16.5. The van der Waals surface area contributed by atoms with Crippen molar-refractivity contribution in [2.24, 2.45) is 7.05 Å². The highest BCUT2D eigenvalue weighted by molar-refractivity contribution is 5.88. The predicted molar refractivity (Wildman–Crippen MR) is 113 cm³/mol. The average Bonchev–Trinajstić information content (AvgIpc) is 3.09. The number of carboxylic acids is 1. The van der Waals surface area contributed by atoms with E-state index in [0.29, 0.717) is 0 Å². The molecule has 7 nitrogen and oxygen atoms in total. The minimum absolute atomic E-state index is 0.274. The third kappa shape index (κ3) is 3.76. The number of imidazole rings is 1. The highest BCUT2D eigenvalue weighted by Crippen LogP contribution is 2.29. The summed E-state index contributed by atoms with van der Waals surface area (Å²) in [5.41, 5.74) is 4.56. The van der Waals surface area contributed by atoms with E-state index in [2.05, 4.69) is 9.47 Å². The molecule has 156 valence electrons. The van der Waals surface area contributed by atoms with Gasteiger partial charge >= 0.3 is 5.97 Å². The maximum absolute atomic E-state index is 11.1. The van der Waals surface area contributed by atoms with Crippen molar-refractivity contribution in [3.63, 3.8) is 0 Å². The van der Waals surface area contributed by atoms with Crippen LogP contribution in [0.4, 0.5) is 0 Å². The lowest BCUT2D eigenvalue weighted by molar-refractivity contribution is 0.0697. The summed E-state index contributed by atoms with van der Waals surface area (Å²) in [6, 6.07) is 12.7. The SMILES string of the molecule is COc1ccc(OC)c(CN2CCc3nc(-c4ccc(C(=O)O)cc4)n(C)c3C2)c1. The molecule has 1 aliphatic heterocycles. The second-order valence-corrected chi connectivity index (χ2v) is 7.41. The van der Waals surface area contributed by atoms with Gasteiger partial charge in [-0.2, -0.15) is 0 Å². The lowest BCUT2D eigenvalue weighted by Crippen LogP contribution is -2.31. The first-order chi connectivity index (χ1) is 14.5. The molecule has 0 radical (unpaired) electrons. The third-order valence-electron chi connectivity index (χ3n) is 5.61. The van der Waals surface area contributed by atoms with Crippen molar-refractivity contribution in [1.29, 1.82) is 0 Å². The van der Waals surface area contributed by atoms with Gasteiger partial charge in [-0.15, -0.1) is 0 Å².